The lowest BCUT2D eigenvalue weighted by atomic mass is 10.2. The van der Waals surface area contributed by atoms with Crippen LogP contribution in [0.1, 0.15) is 4.88 Å². The van der Waals surface area contributed by atoms with Crippen LogP contribution in [0.3, 0.4) is 0 Å². The molecule has 66 valence electrons. The molecule has 0 unspecified atom stereocenters. The summed E-state index contributed by atoms with van der Waals surface area (Å²) < 4.78 is 0. The first kappa shape index (κ1) is 9.78. The Morgan fingerprint density at radius 1 is 1.77 bits per heavy atom. The largest absolute Gasteiger partial charge is 0.477 e. The van der Waals surface area contributed by atoms with Gasteiger partial charge >= 0.3 is 5.97 Å². The van der Waals surface area contributed by atoms with Crippen LogP contribution in [0, 0.1) is 11.3 Å². The van der Waals surface area contributed by atoms with E-state index in [0.717, 1.165) is 0 Å². The molecule has 3 nitrogen and oxygen atoms in total. The first-order valence-electron chi connectivity index (χ1n) is 3.22. The zero-order valence-electron chi connectivity index (χ0n) is 6.32. The van der Waals surface area contributed by atoms with Gasteiger partial charge in [0.1, 0.15) is 11.6 Å². The van der Waals surface area contributed by atoms with Crippen LogP contribution in [-0.2, 0) is 4.79 Å². The molecule has 1 aromatic rings. The summed E-state index contributed by atoms with van der Waals surface area (Å²) in [6.45, 7) is 0. The number of hydrogen-bond acceptors (Lipinski definition) is 3. The van der Waals surface area contributed by atoms with Crippen LogP contribution in [-0.4, -0.2) is 11.1 Å². The second kappa shape index (κ2) is 4.08. The third-order valence-corrected chi connectivity index (χ3v) is 2.45. The number of carboxylic acids is 1. The zero-order chi connectivity index (χ0) is 9.84. The SMILES string of the molecule is N#CC(=Cc1cc(Cl)cs1)C(=O)O. The van der Waals surface area contributed by atoms with Gasteiger partial charge in [0.25, 0.3) is 0 Å². The molecule has 1 heterocycles. The van der Waals surface area contributed by atoms with Crippen LogP contribution in [0.5, 0.6) is 0 Å². The lowest BCUT2D eigenvalue weighted by Gasteiger charge is -1.86. The van der Waals surface area contributed by atoms with Crippen molar-refractivity contribution in [1.29, 1.82) is 5.26 Å². The van der Waals surface area contributed by atoms with Crippen LogP contribution in [0.2, 0.25) is 5.02 Å². The molecule has 0 amide bonds. The lowest BCUT2D eigenvalue weighted by Crippen LogP contribution is -1.96. The molecule has 0 aliphatic heterocycles. The highest BCUT2D eigenvalue weighted by Crippen LogP contribution is 2.21. The molecule has 5 heteroatoms. The minimum absolute atomic E-state index is 0.293. The van der Waals surface area contributed by atoms with Gasteiger partial charge in [-0.3, -0.25) is 0 Å². The molecule has 1 N–H and O–H groups in total. The molecule has 0 aliphatic carbocycles. The van der Waals surface area contributed by atoms with Gasteiger partial charge in [0, 0.05) is 10.3 Å². The van der Waals surface area contributed by atoms with E-state index in [9.17, 15) is 4.79 Å². The molecule has 0 aliphatic rings. The first-order chi connectivity index (χ1) is 6.13. The van der Waals surface area contributed by atoms with Gasteiger partial charge in [0.2, 0.25) is 0 Å². The molecule has 0 spiro atoms. The maximum atomic E-state index is 10.4. The van der Waals surface area contributed by atoms with Crippen LogP contribution in [0.25, 0.3) is 6.08 Å². The van der Waals surface area contributed by atoms with Gasteiger partial charge in [-0.15, -0.1) is 11.3 Å². The van der Waals surface area contributed by atoms with Crippen molar-refractivity contribution in [2.24, 2.45) is 0 Å². The number of carbonyl (C=O) groups is 1. The molecule has 0 atom stereocenters. The number of hydrogen-bond donors (Lipinski definition) is 1. The summed E-state index contributed by atoms with van der Waals surface area (Å²) in [5, 5.41) is 19.2. The summed E-state index contributed by atoms with van der Waals surface area (Å²) >= 11 is 6.91. The molecule has 0 radical (unpaired) electrons. The van der Waals surface area contributed by atoms with Crippen molar-refractivity contribution < 1.29 is 9.90 Å². The third-order valence-electron chi connectivity index (χ3n) is 1.23. The van der Waals surface area contributed by atoms with E-state index in [2.05, 4.69) is 0 Å². The Bertz CT molecular complexity index is 403. The summed E-state index contributed by atoms with van der Waals surface area (Å²) in [6.07, 6.45) is 1.29. The van der Waals surface area contributed by atoms with Crippen LogP contribution in [0.4, 0.5) is 0 Å². The molecule has 0 bridgehead atoms. The van der Waals surface area contributed by atoms with E-state index >= 15 is 0 Å². The van der Waals surface area contributed by atoms with E-state index in [1.807, 2.05) is 0 Å². The monoisotopic (exact) mass is 213 g/mol. The number of aliphatic carboxylic acids is 1. The predicted molar refractivity (Wildman–Crippen MR) is 50.6 cm³/mol. The summed E-state index contributed by atoms with van der Waals surface area (Å²) in [5.74, 6) is -1.23. The van der Waals surface area contributed by atoms with E-state index in [0.29, 0.717) is 9.90 Å². The average Bonchev–Trinajstić information content (AvgIpc) is 2.46. The molecule has 13 heavy (non-hydrogen) atoms. The van der Waals surface area contributed by atoms with Crippen LogP contribution < -0.4 is 0 Å². The van der Waals surface area contributed by atoms with Gasteiger partial charge < -0.3 is 5.11 Å². The minimum Gasteiger partial charge on any atom is -0.477 e. The van der Waals surface area contributed by atoms with E-state index in [1.165, 1.54) is 17.4 Å². The van der Waals surface area contributed by atoms with Gasteiger partial charge in [0.15, 0.2) is 0 Å². The highest BCUT2D eigenvalue weighted by Gasteiger charge is 2.06. The smallest absolute Gasteiger partial charge is 0.346 e. The summed E-state index contributed by atoms with van der Waals surface area (Å²) in [5.41, 5.74) is -0.293. The fourth-order valence-corrected chi connectivity index (χ4v) is 1.70. The van der Waals surface area contributed by atoms with Crippen molar-refractivity contribution >= 4 is 35.0 Å². The molecule has 0 fully saturated rings. The normalized spacial score (nSPS) is 10.9. The van der Waals surface area contributed by atoms with Crippen LogP contribution >= 0.6 is 22.9 Å². The lowest BCUT2D eigenvalue weighted by molar-refractivity contribution is -0.132. The molecular formula is C8H4ClNO2S. The second-order valence-corrected chi connectivity index (χ2v) is 3.52. The molecule has 1 aromatic heterocycles. The topological polar surface area (TPSA) is 61.1 Å². The number of thiophene rings is 1. The molecule has 1 rings (SSSR count). The fraction of sp³-hybridized carbons (Fsp3) is 0. The Balaban J connectivity index is 3.00. The number of carboxylic acid groups (broad SMARTS) is 1. The average molecular weight is 214 g/mol. The van der Waals surface area contributed by atoms with Crippen molar-refractivity contribution in [1.82, 2.24) is 0 Å². The Hall–Kier alpha value is -1.31. The number of rotatable bonds is 2. The van der Waals surface area contributed by atoms with Crippen molar-refractivity contribution in [3.8, 4) is 6.07 Å². The Kier molecular flexibility index (Phi) is 3.07. The van der Waals surface area contributed by atoms with E-state index in [-0.39, 0.29) is 5.57 Å². The highest BCUT2D eigenvalue weighted by atomic mass is 35.5. The van der Waals surface area contributed by atoms with Gasteiger partial charge in [-0.2, -0.15) is 5.26 Å². The van der Waals surface area contributed by atoms with E-state index < -0.39 is 5.97 Å². The predicted octanol–water partition coefficient (Wildman–Crippen LogP) is 2.39. The fourth-order valence-electron chi connectivity index (χ4n) is 0.688. The van der Waals surface area contributed by atoms with Gasteiger partial charge in [-0.1, -0.05) is 11.6 Å². The van der Waals surface area contributed by atoms with Crippen molar-refractivity contribution in [2.45, 2.75) is 0 Å². The maximum absolute atomic E-state index is 10.4. The van der Waals surface area contributed by atoms with Gasteiger partial charge in [-0.05, 0) is 12.1 Å². The maximum Gasteiger partial charge on any atom is 0.346 e. The zero-order valence-corrected chi connectivity index (χ0v) is 7.89. The van der Waals surface area contributed by atoms with Crippen molar-refractivity contribution in [3.63, 3.8) is 0 Å². The Morgan fingerprint density at radius 3 is 2.85 bits per heavy atom. The Morgan fingerprint density at radius 2 is 2.46 bits per heavy atom. The summed E-state index contributed by atoms with van der Waals surface area (Å²) in [4.78, 5) is 11.1. The van der Waals surface area contributed by atoms with Crippen molar-refractivity contribution in [3.05, 3.63) is 26.9 Å². The van der Waals surface area contributed by atoms with Crippen LogP contribution in [0.15, 0.2) is 17.0 Å². The van der Waals surface area contributed by atoms with E-state index in [1.54, 1.807) is 17.5 Å². The quantitative estimate of drug-likeness (QED) is 0.606. The molecular weight excluding hydrogens is 210 g/mol. The number of halogens is 1. The second-order valence-electron chi connectivity index (χ2n) is 2.14. The summed E-state index contributed by atoms with van der Waals surface area (Å²) in [6, 6.07) is 3.19. The standard InChI is InChI=1S/C8H4ClNO2S/c9-6-2-7(13-4-6)1-5(3-10)8(11)12/h1-2,4H,(H,11,12). The number of nitriles is 1. The van der Waals surface area contributed by atoms with Gasteiger partial charge in [0.05, 0.1) is 5.02 Å². The Labute approximate surface area is 83.5 Å². The third kappa shape index (κ3) is 2.58. The number of nitrogens with zero attached hydrogens (tertiary/aromatic N) is 1. The summed E-state index contributed by atoms with van der Waals surface area (Å²) in [7, 11) is 0. The first-order valence-corrected chi connectivity index (χ1v) is 4.48. The van der Waals surface area contributed by atoms with E-state index in [4.69, 9.17) is 22.0 Å². The molecule has 0 saturated heterocycles. The van der Waals surface area contributed by atoms with Crippen molar-refractivity contribution in [2.75, 3.05) is 0 Å². The molecule has 0 aromatic carbocycles. The highest BCUT2D eigenvalue weighted by molar-refractivity contribution is 7.11. The minimum atomic E-state index is -1.23. The molecule has 0 saturated carbocycles. The van der Waals surface area contributed by atoms with Gasteiger partial charge in [-0.25, -0.2) is 4.79 Å².